The first-order valence-electron chi connectivity index (χ1n) is 14.9. The summed E-state index contributed by atoms with van der Waals surface area (Å²) in [5, 5.41) is 8.02. The number of H-pyrrole nitrogens is 2. The molecule has 0 spiro atoms. The lowest BCUT2D eigenvalue weighted by molar-refractivity contribution is 0.0721. The minimum absolute atomic E-state index is 0.0324. The molecule has 1 aliphatic carbocycles. The summed E-state index contributed by atoms with van der Waals surface area (Å²) >= 11 is 0. The van der Waals surface area contributed by atoms with Gasteiger partial charge in [-0.3, -0.25) is 9.89 Å². The zero-order valence-electron chi connectivity index (χ0n) is 23.4. The quantitative estimate of drug-likeness (QED) is 0.286. The molecule has 206 valence electrons. The minimum atomic E-state index is -0.377. The van der Waals surface area contributed by atoms with Gasteiger partial charge in [-0.15, -0.1) is 0 Å². The van der Waals surface area contributed by atoms with Crippen LogP contribution >= 0.6 is 0 Å². The Bertz CT molecular complexity index is 1720. The highest BCUT2D eigenvalue weighted by atomic mass is 16.2. The van der Waals surface area contributed by atoms with Gasteiger partial charge in [-0.05, 0) is 104 Å². The lowest BCUT2D eigenvalue weighted by atomic mass is 9.88. The number of nitrogens with zero attached hydrogens (tertiary/aromatic N) is 4. The largest absolute Gasteiger partial charge is 0.340 e. The van der Waals surface area contributed by atoms with Gasteiger partial charge in [0.15, 0.2) is 0 Å². The van der Waals surface area contributed by atoms with E-state index in [0.29, 0.717) is 12.5 Å². The zero-order chi connectivity index (χ0) is 27.5. The fourth-order valence-electron chi connectivity index (χ4n) is 7.10. The molecular weight excluding hydrogens is 508 g/mol. The van der Waals surface area contributed by atoms with E-state index in [-0.39, 0.29) is 11.9 Å². The van der Waals surface area contributed by atoms with Crippen LogP contribution in [0.15, 0.2) is 66.7 Å². The van der Waals surface area contributed by atoms with Crippen molar-refractivity contribution in [3.8, 4) is 11.1 Å². The monoisotopic (exact) mass is 542 g/mol. The Hall–Kier alpha value is -4.23. The number of aromatic amines is 2. The summed E-state index contributed by atoms with van der Waals surface area (Å²) in [5.74, 6) is 1.43. The second-order valence-electron chi connectivity index (χ2n) is 12.0. The number of amides is 1. The van der Waals surface area contributed by atoms with E-state index in [1.54, 1.807) is 0 Å². The van der Waals surface area contributed by atoms with E-state index in [0.717, 1.165) is 77.2 Å². The lowest BCUT2D eigenvalue weighted by Crippen LogP contribution is -2.31. The summed E-state index contributed by atoms with van der Waals surface area (Å²) in [6.07, 6.45) is 5.51. The molecule has 1 saturated heterocycles. The molecular formula is C34H34N6O. The van der Waals surface area contributed by atoms with E-state index < -0.39 is 0 Å². The number of carbonyl (C=O) groups excluding carboxylic acids is 1. The van der Waals surface area contributed by atoms with Crippen LogP contribution in [0.3, 0.4) is 0 Å². The third-order valence-corrected chi connectivity index (χ3v) is 9.45. The van der Waals surface area contributed by atoms with Crippen LogP contribution in [0.5, 0.6) is 0 Å². The summed E-state index contributed by atoms with van der Waals surface area (Å²) < 4.78 is 0. The van der Waals surface area contributed by atoms with Crippen LogP contribution in [0.25, 0.3) is 22.2 Å². The summed E-state index contributed by atoms with van der Waals surface area (Å²) in [6.45, 7) is 2.85. The molecule has 3 aliphatic rings. The van der Waals surface area contributed by atoms with Crippen LogP contribution in [0.1, 0.15) is 75.5 Å². The van der Waals surface area contributed by atoms with Gasteiger partial charge < -0.3 is 14.8 Å². The summed E-state index contributed by atoms with van der Waals surface area (Å²) in [6, 6.07) is 23.0. The third-order valence-electron chi connectivity index (χ3n) is 9.45. The van der Waals surface area contributed by atoms with Crippen LogP contribution < -0.4 is 0 Å². The van der Waals surface area contributed by atoms with Gasteiger partial charge in [0.2, 0.25) is 0 Å². The number of carbonyl (C=O) groups is 1. The number of piperidine rings is 1. The number of imidazole rings is 1. The molecule has 0 bridgehead atoms. The number of aromatic nitrogens is 4. The van der Waals surface area contributed by atoms with Gasteiger partial charge in [0, 0.05) is 17.8 Å². The first-order valence-corrected chi connectivity index (χ1v) is 14.9. The number of para-hydroxylation sites is 2. The van der Waals surface area contributed by atoms with E-state index >= 15 is 0 Å². The molecule has 2 aliphatic heterocycles. The first-order chi connectivity index (χ1) is 20.1. The Balaban J connectivity index is 1.12. The zero-order valence-corrected chi connectivity index (χ0v) is 23.4. The van der Waals surface area contributed by atoms with Gasteiger partial charge >= 0.3 is 0 Å². The Morgan fingerprint density at radius 2 is 1.76 bits per heavy atom. The molecule has 1 fully saturated rings. The Kier molecular flexibility index (Phi) is 5.81. The molecule has 2 N–H and O–H groups in total. The van der Waals surface area contributed by atoms with Gasteiger partial charge in [0.05, 0.1) is 16.7 Å². The van der Waals surface area contributed by atoms with Crippen LogP contribution in [0.2, 0.25) is 0 Å². The van der Waals surface area contributed by atoms with Crippen molar-refractivity contribution in [2.24, 2.45) is 0 Å². The topological polar surface area (TPSA) is 80.9 Å². The van der Waals surface area contributed by atoms with Crippen molar-refractivity contribution in [1.82, 2.24) is 30.0 Å². The van der Waals surface area contributed by atoms with E-state index in [1.807, 2.05) is 29.2 Å². The molecule has 5 aromatic rings. The fraction of sp³-hybridized carbons (Fsp3) is 0.324. The molecule has 4 heterocycles. The van der Waals surface area contributed by atoms with E-state index in [1.165, 1.54) is 29.7 Å². The Labute approximate surface area is 239 Å². The number of hydrogen-bond donors (Lipinski definition) is 2. The highest BCUT2D eigenvalue weighted by Gasteiger charge is 2.39. The second kappa shape index (κ2) is 9.70. The number of fused-ring (bicyclic) bond motifs is 3. The van der Waals surface area contributed by atoms with E-state index in [2.05, 4.69) is 64.5 Å². The van der Waals surface area contributed by atoms with Gasteiger partial charge in [0.1, 0.15) is 11.9 Å². The molecule has 8 rings (SSSR count). The minimum Gasteiger partial charge on any atom is -0.340 e. The number of benzene rings is 3. The number of nitrogens with one attached hydrogen (secondary N) is 2. The van der Waals surface area contributed by atoms with E-state index in [4.69, 9.17) is 10.1 Å². The normalized spacial score (nSPS) is 18.3. The SMILES string of the molecule is CN1CCC(c2ccc(-c3ccc4c(c3)C(=O)N(C(c3nc5ccccc5[nH]3)c3n[nH]c5c3CCC5)C4)cc2)CC1. The molecule has 2 aromatic heterocycles. The first kappa shape index (κ1) is 24.6. The number of aryl methyl sites for hydroxylation is 1. The maximum absolute atomic E-state index is 14.1. The number of likely N-dealkylation sites (tertiary alicyclic amines) is 1. The van der Waals surface area contributed by atoms with Crippen LogP contribution in [0.4, 0.5) is 0 Å². The molecule has 1 amide bonds. The van der Waals surface area contributed by atoms with Gasteiger partial charge in [-0.2, -0.15) is 5.10 Å². The van der Waals surface area contributed by atoms with Gasteiger partial charge in [-0.1, -0.05) is 48.5 Å². The Morgan fingerprint density at radius 3 is 2.59 bits per heavy atom. The van der Waals surface area contributed by atoms with Crippen molar-refractivity contribution in [2.75, 3.05) is 20.1 Å². The Morgan fingerprint density at radius 1 is 0.951 bits per heavy atom. The molecule has 3 aromatic carbocycles. The molecule has 41 heavy (non-hydrogen) atoms. The van der Waals surface area contributed by atoms with Crippen molar-refractivity contribution in [2.45, 2.75) is 50.6 Å². The molecule has 1 atom stereocenters. The van der Waals surface area contributed by atoms with Gasteiger partial charge in [-0.25, -0.2) is 4.98 Å². The summed E-state index contributed by atoms with van der Waals surface area (Å²) in [5.41, 5.74) is 10.7. The van der Waals surface area contributed by atoms with Gasteiger partial charge in [0.25, 0.3) is 5.91 Å². The number of rotatable bonds is 5. The van der Waals surface area contributed by atoms with Crippen LogP contribution in [0, 0.1) is 0 Å². The van der Waals surface area contributed by atoms with Crippen molar-refractivity contribution < 1.29 is 4.79 Å². The smallest absolute Gasteiger partial charge is 0.255 e. The van der Waals surface area contributed by atoms with Crippen LogP contribution in [-0.4, -0.2) is 56.0 Å². The van der Waals surface area contributed by atoms with Crippen molar-refractivity contribution >= 4 is 16.9 Å². The summed E-state index contributed by atoms with van der Waals surface area (Å²) in [7, 11) is 2.20. The average Bonchev–Trinajstić information content (AvgIpc) is 3.79. The average molecular weight is 543 g/mol. The lowest BCUT2D eigenvalue weighted by Gasteiger charge is -2.29. The molecule has 7 heteroatoms. The van der Waals surface area contributed by atoms with Crippen LogP contribution in [-0.2, 0) is 19.4 Å². The molecule has 0 radical (unpaired) electrons. The predicted molar refractivity (Wildman–Crippen MR) is 160 cm³/mol. The molecule has 7 nitrogen and oxygen atoms in total. The van der Waals surface area contributed by atoms with Crippen molar-refractivity contribution in [1.29, 1.82) is 0 Å². The maximum atomic E-state index is 14.1. The standard InChI is InChI=1S/C34H34N6O/c1-39-17-15-23(16-18-39)21-9-11-22(12-10-21)24-13-14-25-20-40(34(41)27(25)19-24)32(31-26-5-4-8-28(26)37-38-31)33-35-29-6-2-3-7-30(29)36-33/h2-3,6-7,9-14,19,23,32H,4-5,8,15-18,20H2,1H3,(H,35,36)(H,37,38). The number of hydrogen-bond acceptors (Lipinski definition) is 4. The fourth-order valence-corrected chi connectivity index (χ4v) is 7.10. The second-order valence-corrected chi connectivity index (χ2v) is 12.0. The molecule has 0 saturated carbocycles. The highest BCUT2D eigenvalue weighted by molar-refractivity contribution is 6.00. The third kappa shape index (κ3) is 4.18. The highest BCUT2D eigenvalue weighted by Crippen LogP contribution is 2.39. The van der Waals surface area contributed by atoms with Crippen molar-refractivity contribution in [3.05, 3.63) is 106 Å². The van der Waals surface area contributed by atoms with Crippen molar-refractivity contribution in [3.63, 3.8) is 0 Å². The van der Waals surface area contributed by atoms with E-state index in [9.17, 15) is 4.79 Å². The summed E-state index contributed by atoms with van der Waals surface area (Å²) in [4.78, 5) is 27.0. The maximum Gasteiger partial charge on any atom is 0.255 e. The predicted octanol–water partition coefficient (Wildman–Crippen LogP) is 6.00. The molecule has 1 unspecified atom stereocenters.